The second-order valence-electron chi connectivity index (χ2n) is 3.81. The van der Waals surface area contributed by atoms with Gasteiger partial charge in [-0.3, -0.25) is 10.1 Å². The fourth-order valence-corrected chi connectivity index (χ4v) is 1.55. The molecule has 0 bridgehead atoms. The van der Waals surface area contributed by atoms with Gasteiger partial charge in [0.25, 0.3) is 0 Å². The maximum Gasteiger partial charge on any atom is 0.320 e. The highest BCUT2D eigenvalue weighted by Gasteiger charge is 2.30. The number of hydrogen-bond acceptors (Lipinski definition) is 2. The summed E-state index contributed by atoms with van der Waals surface area (Å²) in [7, 11) is 0. The van der Waals surface area contributed by atoms with Crippen LogP contribution < -0.4 is 5.32 Å². The van der Waals surface area contributed by atoms with E-state index in [0.717, 1.165) is 19.3 Å². The van der Waals surface area contributed by atoms with Crippen LogP contribution in [-0.2, 0) is 4.79 Å². The van der Waals surface area contributed by atoms with Crippen LogP contribution in [0.3, 0.4) is 0 Å². The number of hydrogen-bond donors (Lipinski definition) is 2. The molecule has 1 heterocycles. The quantitative estimate of drug-likeness (QED) is 0.596. The van der Waals surface area contributed by atoms with Gasteiger partial charge in [-0.25, -0.2) is 0 Å². The van der Waals surface area contributed by atoms with Gasteiger partial charge in [-0.15, -0.1) is 0 Å². The lowest BCUT2D eigenvalue weighted by Crippen LogP contribution is -2.52. The van der Waals surface area contributed by atoms with Crippen LogP contribution >= 0.6 is 0 Å². The van der Waals surface area contributed by atoms with Gasteiger partial charge in [0.1, 0.15) is 6.04 Å². The van der Waals surface area contributed by atoms with E-state index in [-0.39, 0.29) is 11.6 Å². The van der Waals surface area contributed by atoms with Crippen LogP contribution in [0.1, 0.15) is 33.1 Å². The van der Waals surface area contributed by atoms with Gasteiger partial charge in [-0.2, -0.15) is 0 Å². The lowest BCUT2D eigenvalue weighted by atomic mass is 9.89. The Hall–Kier alpha value is -0.570. The molecule has 0 spiro atoms. The van der Waals surface area contributed by atoms with E-state index >= 15 is 0 Å². The maximum absolute atomic E-state index is 10.6. The topological polar surface area (TPSA) is 49.3 Å². The molecule has 3 nitrogen and oxygen atoms in total. The molecule has 2 N–H and O–H groups in total. The summed E-state index contributed by atoms with van der Waals surface area (Å²) in [4.78, 5) is 10.6. The van der Waals surface area contributed by atoms with E-state index in [1.807, 2.05) is 13.8 Å². The normalized spacial score (nSPS) is 29.8. The van der Waals surface area contributed by atoms with Crippen LogP contribution in [0.5, 0.6) is 0 Å². The molecule has 1 aliphatic rings. The molecule has 0 radical (unpaired) electrons. The monoisotopic (exact) mass is 157 g/mol. The summed E-state index contributed by atoms with van der Waals surface area (Å²) < 4.78 is 0. The molecular formula is C8H15NO2. The summed E-state index contributed by atoms with van der Waals surface area (Å²) in [6, 6.07) is -0.334. The third kappa shape index (κ3) is 2.19. The molecule has 0 aliphatic carbocycles. The highest BCUT2D eigenvalue weighted by atomic mass is 16.4. The molecule has 1 atom stereocenters. The van der Waals surface area contributed by atoms with Crippen molar-refractivity contribution in [2.75, 3.05) is 0 Å². The number of carbonyl (C=O) groups is 1. The van der Waals surface area contributed by atoms with E-state index in [2.05, 4.69) is 5.32 Å². The highest BCUT2D eigenvalue weighted by Crippen LogP contribution is 2.21. The van der Waals surface area contributed by atoms with Crippen molar-refractivity contribution in [3.05, 3.63) is 0 Å². The second-order valence-corrected chi connectivity index (χ2v) is 3.81. The largest absolute Gasteiger partial charge is 0.480 e. The van der Waals surface area contributed by atoms with Crippen molar-refractivity contribution in [1.29, 1.82) is 0 Å². The zero-order chi connectivity index (χ0) is 8.48. The average molecular weight is 157 g/mol. The van der Waals surface area contributed by atoms with E-state index in [9.17, 15) is 4.79 Å². The van der Waals surface area contributed by atoms with E-state index in [4.69, 9.17) is 5.11 Å². The molecule has 1 aliphatic heterocycles. The van der Waals surface area contributed by atoms with Crippen LogP contribution in [0.4, 0.5) is 0 Å². The predicted octanol–water partition coefficient (Wildman–Crippen LogP) is 0.992. The Balaban J connectivity index is 2.53. The third-order valence-electron chi connectivity index (χ3n) is 2.16. The molecule has 0 aromatic rings. The molecule has 1 saturated heterocycles. The Morgan fingerprint density at radius 3 is 2.64 bits per heavy atom. The van der Waals surface area contributed by atoms with E-state index < -0.39 is 5.97 Å². The molecule has 0 amide bonds. The smallest absolute Gasteiger partial charge is 0.320 e. The Morgan fingerprint density at radius 1 is 1.64 bits per heavy atom. The van der Waals surface area contributed by atoms with Crippen LogP contribution in [0.15, 0.2) is 0 Å². The van der Waals surface area contributed by atoms with Crippen LogP contribution in [0.25, 0.3) is 0 Å². The second kappa shape index (κ2) is 2.81. The minimum Gasteiger partial charge on any atom is -0.480 e. The van der Waals surface area contributed by atoms with Crippen molar-refractivity contribution in [3.63, 3.8) is 0 Å². The fraction of sp³-hybridized carbons (Fsp3) is 0.875. The number of rotatable bonds is 1. The molecule has 0 saturated carbocycles. The number of nitrogens with one attached hydrogen (secondary N) is 1. The number of carboxylic acids is 1. The number of aliphatic carboxylic acids is 1. The Kier molecular flexibility index (Phi) is 2.18. The molecule has 1 fully saturated rings. The summed E-state index contributed by atoms with van der Waals surface area (Å²) >= 11 is 0. The zero-order valence-corrected chi connectivity index (χ0v) is 7.05. The first kappa shape index (κ1) is 8.53. The lowest BCUT2D eigenvalue weighted by molar-refractivity contribution is -0.140. The SMILES string of the molecule is CC1(C)CCC[C@H](C(=O)O)N1. The predicted molar refractivity (Wildman–Crippen MR) is 42.5 cm³/mol. The molecule has 0 aromatic carbocycles. The first-order chi connectivity index (χ1) is 5.01. The summed E-state index contributed by atoms with van der Waals surface area (Å²) in [6.07, 6.45) is 2.84. The molecule has 3 heteroatoms. The van der Waals surface area contributed by atoms with Crippen LogP contribution in [0.2, 0.25) is 0 Å². The molecule has 0 unspecified atom stereocenters. The lowest BCUT2D eigenvalue weighted by Gasteiger charge is -2.34. The standard InChI is InChI=1S/C8H15NO2/c1-8(2)5-3-4-6(9-8)7(10)11/h6,9H,3-5H2,1-2H3,(H,10,11)/t6-/m1/s1. The zero-order valence-electron chi connectivity index (χ0n) is 7.05. The third-order valence-corrected chi connectivity index (χ3v) is 2.16. The van der Waals surface area contributed by atoms with E-state index in [1.165, 1.54) is 0 Å². The molecule has 11 heavy (non-hydrogen) atoms. The van der Waals surface area contributed by atoms with Crippen molar-refractivity contribution >= 4 is 5.97 Å². The Morgan fingerprint density at radius 2 is 2.27 bits per heavy atom. The van der Waals surface area contributed by atoms with Crippen molar-refractivity contribution in [3.8, 4) is 0 Å². The summed E-state index contributed by atoms with van der Waals surface area (Å²) in [6.45, 7) is 4.09. The minimum absolute atomic E-state index is 0.00130. The minimum atomic E-state index is -0.724. The van der Waals surface area contributed by atoms with Crippen molar-refractivity contribution in [2.24, 2.45) is 0 Å². The molecule has 0 aromatic heterocycles. The van der Waals surface area contributed by atoms with Gasteiger partial charge in [-0.05, 0) is 33.1 Å². The molecular weight excluding hydrogens is 142 g/mol. The van der Waals surface area contributed by atoms with Gasteiger partial charge in [0.05, 0.1) is 0 Å². The highest BCUT2D eigenvalue weighted by molar-refractivity contribution is 5.73. The Bertz CT molecular complexity index is 165. The van der Waals surface area contributed by atoms with Gasteiger partial charge in [-0.1, -0.05) is 0 Å². The van der Waals surface area contributed by atoms with Gasteiger partial charge in [0, 0.05) is 5.54 Å². The van der Waals surface area contributed by atoms with Crippen LogP contribution in [0, 0.1) is 0 Å². The Labute approximate surface area is 66.8 Å². The average Bonchev–Trinajstić information content (AvgIpc) is 1.85. The first-order valence-corrected chi connectivity index (χ1v) is 4.02. The summed E-state index contributed by atoms with van der Waals surface area (Å²) in [5.41, 5.74) is 0.00130. The number of piperidine rings is 1. The van der Waals surface area contributed by atoms with Gasteiger partial charge >= 0.3 is 5.97 Å². The number of carboxylic acid groups (broad SMARTS) is 1. The maximum atomic E-state index is 10.6. The van der Waals surface area contributed by atoms with E-state index in [0.29, 0.717) is 0 Å². The summed E-state index contributed by atoms with van der Waals surface area (Å²) in [5.74, 6) is -0.724. The van der Waals surface area contributed by atoms with Crippen molar-refractivity contribution in [1.82, 2.24) is 5.32 Å². The first-order valence-electron chi connectivity index (χ1n) is 4.02. The van der Waals surface area contributed by atoms with Crippen molar-refractivity contribution < 1.29 is 9.90 Å². The van der Waals surface area contributed by atoms with E-state index in [1.54, 1.807) is 0 Å². The molecule has 64 valence electrons. The van der Waals surface area contributed by atoms with Gasteiger partial charge < -0.3 is 5.11 Å². The van der Waals surface area contributed by atoms with Gasteiger partial charge in [0.2, 0.25) is 0 Å². The van der Waals surface area contributed by atoms with Gasteiger partial charge in [0.15, 0.2) is 0 Å². The van der Waals surface area contributed by atoms with Crippen molar-refractivity contribution in [2.45, 2.75) is 44.7 Å². The molecule has 1 rings (SSSR count). The van der Waals surface area contributed by atoms with Crippen LogP contribution in [-0.4, -0.2) is 22.7 Å². The summed E-state index contributed by atoms with van der Waals surface area (Å²) in [5, 5.41) is 11.8. The fourth-order valence-electron chi connectivity index (χ4n) is 1.55.